The Labute approximate surface area is 167 Å². The molecule has 0 bridgehead atoms. The minimum absolute atomic E-state index is 0.0284. The molecule has 3 aromatic heterocycles. The van der Waals surface area contributed by atoms with E-state index in [1.807, 2.05) is 6.07 Å². The van der Waals surface area contributed by atoms with Crippen LogP contribution in [-0.4, -0.2) is 60.4 Å². The van der Waals surface area contributed by atoms with Crippen molar-refractivity contribution in [3.8, 4) is 6.01 Å². The molecule has 0 amide bonds. The minimum atomic E-state index is -0.532. The molecule has 3 rings (SSSR count). The van der Waals surface area contributed by atoms with Crippen molar-refractivity contribution in [2.45, 2.75) is 26.8 Å². The summed E-state index contributed by atoms with van der Waals surface area (Å²) in [6, 6.07) is 3.64. The van der Waals surface area contributed by atoms with Crippen LogP contribution in [-0.2, 0) is 13.6 Å². The van der Waals surface area contributed by atoms with Gasteiger partial charge in [0.2, 0.25) is 0 Å². The Morgan fingerprint density at radius 1 is 1.17 bits per heavy atom. The molecule has 0 saturated heterocycles. The lowest BCUT2D eigenvalue weighted by atomic mass is 10.3. The summed E-state index contributed by atoms with van der Waals surface area (Å²) < 4.78 is 7.95. The summed E-state index contributed by atoms with van der Waals surface area (Å²) in [5, 5.41) is 8.03. The average Bonchev–Trinajstić information content (AvgIpc) is 2.76. The first-order chi connectivity index (χ1) is 14.0. The van der Waals surface area contributed by atoms with E-state index in [4.69, 9.17) is 4.74 Å². The molecule has 10 nitrogen and oxygen atoms in total. The summed E-state index contributed by atoms with van der Waals surface area (Å²) >= 11 is 0. The largest absolute Gasteiger partial charge is 0.462 e. The van der Waals surface area contributed by atoms with E-state index < -0.39 is 11.2 Å². The first-order valence-corrected chi connectivity index (χ1v) is 9.63. The zero-order valence-corrected chi connectivity index (χ0v) is 16.9. The van der Waals surface area contributed by atoms with Gasteiger partial charge in [0, 0.05) is 26.0 Å². The Morgan fingerprint density at radius 3 is 2.66 bits per heavy atom. The molecule has 0 radical (unpaired) electrons. The highest BCUT2D eigenvalue weighted by Gasteiger charge is 2.16. The van der Waals surface area contributed by atoms with Gasteiger partial charge in [-0.2, -0.15) is 4.98 Å². The van der Waals surface area contributed by atoms with Crippen LogP contribution in [0.3, 0.4) is 0 Å². The van der Waals surface area contributed by atoms with Gasteiger partial charge in [-0.15, -0.1) is 5.10 Å². The van der Waals surface area contributed by atoms with Crippen LogP contribution in [0.5, 0.6) is 6.01 Å². The van der Waals surface area contributed by atoms with Crippen molar-refractivity contribution in [3.05, 3.63) is 50.9 Å². The summed E-state index contributed by atoms with van der Waals surface area (Å²) in [7, 11) is 1.41. The molecule has 3 heterocycles. The highest BCUT2D eigenvalue weighted by Crippen LogP contribution is 2.08. The molecule has 29 heavy (non-hydrogen) atoms. The molecule has 3 aromatic rings. The van der Waals surface area contributed by atoms with E-state index in [1.54, 1.807) is 18.5 Å². The third-order valence-electron chi connectivity index (χ3n) is 4.74. The van der Waals surface area contributed by atoms with E-state index >= 15 is 0 Å². The molecule has 0 aliphatic carbocycles. The number of fused-ring (bicyclic) bond motifs is 1. The van der Waals surface area contributed by atoms with Crippen molar-refractivity contribution in [3.63, 3.8) is 0 Å². The molecular weight excluding hydrogens is 374 g/mol. The van der Waals surface area contributed by atoms with Gasteiger partial charge in [-0.1, -0.05) is 25.0 Å². The van der Waals surface area contributed by atoms with E-state index in [1.165, 1.54) is 11.6 Å². The average molecular weight is 399 g/mol. The first-order valence-electron chi connectivity index (χ1n) is 9.63. The smallest absolute Gasteiger partial charge is 0.336 e. The van der Waals surface area contributed by atoms with Gasteiger partial charge in [0.25, 0.3) is 5.56 Å². The highest BCUT2D eigenvalue weighted by atomic mass is 16.5. The second kappa shape index (κ2) is 9.37. The van der Waals surface area contributed by atoms with E-state index in [-0.39, 0.29) is 23.7 Å². The quantitative estimate of drug-likeness (QED) is 0.477. The van der Waals surface area contributed by atoms with Crippen LogP contribution in [0.2, 0.25) is 0 Å². The molecule has 0 unspecified atom stereocenters. The lowest BCUT2D eigenvalue weighted by molar-refractivity contribution is 0.237. The number of ether oxygens (including phenoxy) is 1. The fourth-order valence-electron chi connectivity index (χ4n) is 3.02. The zero-order chi connectivity index (χ0) is 20.8. The van der Waals surface area contributed by atoms with Crippen LogP contribution in [0.25, 0.3) is 11.2 Å². The van der Waals surface area contributed by atoms with Crippen molar-refractivity contribution < 1.29 is 4.74 Å². The van der Waals surface area contributed by atoms with Gasteiger partial charge >= 0.3 is 11.7 Å². The molecule has 0 atom stereocenters. The van der Waals surface area contributed by atoms with Crippen molar-refractivity contribution in [1.82, 2.24) is 34.2 Å². The lowest BCUT2D eigenvalue weighted by Crippen LogP contribution is -2.39. The molecule has 0 N–H and O–H groups in total. The standard InChI is InChI=1S/C19H25N7O3/c1-4-25(5-2)10-7-11-29-18-21-15-16(22-23-18)26(19(28)24(3)17(15)27)13-14-8-6-9-20-12-14/h6,8-9,12H,4-5,7,10-11,13H2,1-3H3. The van der Waals surface area contributed by atoms with Crippen LogP contribution in [0, 0.1) is 0 Å². The van der Waals surface area contributed by atoms with Crippen LogP contribution in [0.4, 0.5) is 0 Å². The van der Waals surface area contributed by atoms with Crippen molar-refractivity contribution in [2.75, 3.05) is 26.2 Å². The van der Waals surface area contributed by atoms with Crippen LogP contribution >= 0.6 is 0 Å². The first kappa shape index (κ1) is 20.6. The van der Waals surface area contributed by atoms with Crippen LogP contribution < -0.4 is 16.0 Å². The second-order valence-corrected chi connectivity index (χ2v) is 6.59. The molecule has 0 aromatic carbocycles. The number of hydrogen-bond donors (Lipinski definition) is 0. The zero-order valence-electron chi connectivity index (χ0n) is 16.9. The van der Waals surface area contributed by atoms with Gasteiger partial charge < -0.3 is 9.64 Å². The Morgan fingerprint density at radius 2 is 1.97 bits per heavy atom. The van der Waals surface area contributed by atoms with Crippen molar-refractivity contribution in [2.24, 2.45) is 7.05 Å². The third-order valence-corrected chi connectivity index (χ3v) is 4.74. The molecule has 10 heteroatoms. The fraction of sp³-hybridized carbons (Fsp3) is 0.474. The lowest BCUT2D eigenvalue weighted by Gasteiger charge is -2.17. The van der Waals surface area contributed by atoms with Crippen molar-refractivity contribution in [1.29, 1.82) is 0 Å². The summed E-state index contributed by atoms with van der Waals surface area (Å²) in [6.45, 7) is 7.71. The monoisotopic (exact) mass is 399 g/mol. The Balaban J connectivity index is 1.86. The predicted molar refractivity (Wildman–Crippen MR) is 108 cm³/mol. The number of aromatic nitrogens is 6. The summed E-state index contributed by atoms with van der Waals surface area (Å²) in [6.07, 6.45) is 4.11. The molecule has 0 fully saturated rings. The van der Waals surface area contributed by atoms with E-state index in [2.05, 4.69) is 38.9 Å². The highest BCUT2D eigenvalue weighted by molar-refractivity contribution is 5.68. The fourth-order valence-corrected chi connectivity index (χ4v) is 3.02. The molecule has 0 spiro atoms. The Hall–Kier alpha value is -3.14. The SMILES string of the molecule is CCN(CC)CCCOc1nnc2c(n1)c(=O)n(C)c(=O)n2Cc1cccnc1. The molecule has 0 aliphatic rings. The third kappa shape index (κ3) is 4.65. The summed E-state index contributed by atoms with van der Waals surface area (Å²) in [5.41, 5.74) is -0.0547. The molecular formula is C19H25N7O3. The number of pyridine rings is 1. The molecule has 0 saturated carbocycles. The van der Waals surface area contributed by atoms with Gasteiger partial charge in [-0.25, -0.2) is 4.79 Å². The number of nitrogens with zero attached hydrogens (tertiary/aromatic N) is 7. The Kier molecular flexibility index (Phi) is 6.65. The van der Waals surface area contributed by atoms with Gasteiger partial charge in [-0.3, -0.25) is 18.9 Å². The maximum atomic E-state index is 12.6. The summed E-state index contributed by atoms with van der Waals surface area (Å²) in [5.74, 6) is 0. The number of hydrogen-bond acceptors (Lipinski definition) is 8. The van der Waals surface area contributed by atoms with E-state index in [0.717, 1.165) is 36.2 Å². The maximum Gasteiger partial charge on any atom is 0.336 e. The normalized spacial score (nSPS) is 11.3. The minimum Gasteiger partial charge on any atom is -0.462 e. The van der Waals surface area contributed by atoms with Crippen LogP contribution in [0.1, 0.15) is 25.8 Å². The van der Waals surface area contributed by atoms with Gasteiger partial charge in [0.1, 0.15) is 0 Å². The van der Waals surface area contributed by atoms with E-state index in [9.17, 15) is 9.59 Å². The van der Waals surface area contributed by atoms with Crippen molar-refractivity contribution >= 4 is 11.2 Å². The van der Waals surface area contributed by atoms with E-state index in [0.29, 0.717) is 6.61 Å². The predicted octanol–water partition coefficient (Wildman–Crippen LogP) is 0.439. The van der Waals surface area contributed by atoms with Gasteiger partial charge in [-0.05, 0) is 31.1 Å². The van der Waals surface area contributed by atoms with Gasteiger partial charge in [0.15, 0.2) is 11.2 Å². The second-order valence-electron chi connectivity index (χ2n) is 6.59. The summed E-state index contributed by atoms with van der Waals surface area (Å²) in [4.78, 5) is 35.7. The van der Waals surface area contributed by atoms with Gasteiger partial charge in [0.05, 0.1) is 13.2 Å². The van der Waals surface area contributed by atoms with Crippen LogP contribution in [0.15, 0.2) is 34.1 Å². The number of rotatable bonds is 9. The maximum absolute atomic E-state index is 12.6. The Bertz CT molecular complexity index is 1070. The molecule has 154 valence electrons. The molecule has 0 aliphatic heterocycles. The topological polar surface area (TPSA) is 108 Å².